The predicted octanol–water partition coefficient (Wildman–Crippen LogP) is 1.73. The van der Waals surface area contributed by atoms with Gasteiger partial charge in [0.1, 0.15) is 0 Å². The van der Waals surface area contributed by atoms with Crippen LogP contribution in [-0.2, 0) is 10.8 Å². The van der Waals surface area contributed by atoms with E-state index in [4.69, 9.17) is 5.73 Å². The molecule has 0 fully saturated rings. The van der Waals surface area contributed by atoms with Crippen molar-refractivity contribution in [1.82, 2.24) is 9.97 Å². The number of halogens is 2. The van der Waals surface area contributed by atoms with Gasteiger partial charge in [-0.25, -0.2) is 4.98 Å². The summed E-state index contributed by atoms with van der Waals surface area (Å²) in [5.74, 6) is 0. The highest BCUT2D eigenvalue weighted by molar-refractivity contribution is 7.84. The zero-order valence-corrected chi connectivity index (χ0v) is 10.3. The largest absolute Gasteiger partial charge is 0.399 e. The molecule has 84 valence electrons. The van der Waals surface area contributed by atoms with Gasteiger partial charge in [-0.2, -0.15) is 0 Å². The number of benzene rings is 1. The maximum Gasteiger partial charge on any atom is 0.197 e. The van der Waals surface area contributed by atoms with Crippen molar-refractivity contribution >= 4 is 52.3 Å². The number of fused-ring (bicyclic) bond motifs is 1. The quantitative estimate of drug-likeness (QED) is 0.773. The first-order valence-electron chi connectivity index (χ1n) is 3.75. The fraction of sp³-hybridized carbons (Fsp3) is 0.125. The van der Waals surface area contributed by atoms with E-state index < -0.39 is 10.8 Å². The van der Waals surface area contributed by atoms with E-state index in [9.17, 15) is 4.21 Å². The Kier molecular flexibility index (Phi) is 5.07. The molecule has 0 aliphatic rings. The molecule has 2 aromatic rings. The Morgan fingerprint density at radius 2 is 2.07 bits per heavy atom. The van der Waals surface area contributed by atoms with Crippen LogP contribution in [-0.4, -0.2) is 20.4 Å². The number of hydrogen-bond acceptors (Lipinski definition) is 3. The number of nitrogen functional groups attached to an aromatic ring is 1. The Morgan fingerprint density at radius 1 is 1.40 bits per heavy atom. The predicted molar refractivity (Wildman–Crippen MR) is 67.3 cm³/mol. The molecular weight excluding hydrogens is 257 g/mol. The first kappa shape index (κ1) is 14.2. The molecule has 0 saturated carbocycles. The topological polar surface area (TPSA) is 71.8 Å². The monoisotopic (exact) mass is 267 g/mol. The molecule has 3 N–H and O–H groups in total. The molecule has 0 radical (unpaired) electrons. The summed E-state index contributed by atoms with van der Waals surface area (Å²) in [6.07, 6.45) is 1.58. The number of hydrogen-bond donors (Lipinski definition) is 2. The number of nitrogens with zero attached hydrogens (tertiary/aromatic N) is 1. The third-order valence-electron chi connectivity index (χ3n) is 1.76. The number of anilines is 1. The van der Waals surface area contributed by atoms with Crippen LogP contribution in [0.3, 0.4) is 0 Å². The van der Waals surface area contributed by atoms with E-state index in [1.807, 2.05) is 0 Å². The summed E-state index contributed by atoms with van der Waals surface area (Å²) in [5.41, 5.74) is 7.87. The molecule has 0 aliphatic heterocycles. The summed E-state index contributed by atoms with van der Waals surface area (Å²) in [5, 5.41) is 0.487. The molecule has 1 atom stereocenters. The van der Waals surface area contributed by atoms with Gasteiger partial charge in [-0.05, 0) is 18.2 Å². The van der Waals surface area contributed by atoms with Crippen molar-refractivity contribution in [2.75, 3.05) is 12.0 Å². The molecule has 0 saturated heterocycles. The van der Waals surface area contributed by atoms with Crippen LogP contribution >= 0.6 is 24.8 Å². The van der Waals surface area contributed by atoms with Gasteiger partial charge in [0.15, 0.2) is 5.16 Å². The lowest BCUT2D eigenvalue weighted by atomic mass is 10.3. The summed E-state index contributed by atoms with van der Waals surface area (Å²) in [4.78, 5) is 7.09. The summed E-state index contributed by atoms with van der Waals surface area (Å²) in [6.45, 7) is 0. The molecule has 1 aromatic heterocycles. The van der Waals surface area contributed by atoms with Crippen molar-refractivity contribution in [2.45, 2.75) is 5.16 Å². The summed E-state index contributed by atoms with van der Waals surface area (Å²) >= 11 is 0. The molecule has 2 rings (SSSR count). The highest BCUT2D eigenvalue weighted by Gasteiger charge is 2.04. The minimum absolute atomic E-state index is 0. The molecule has 0 amide bonds. The van der Waals surface area contributed by atoms with Crippen molar-refractivity contribution < 1.29 is 4.21 Å². The standard InChI is InChI=1S/C8H9N3OS.2ClH/c1-13(12)8-10-6-3-2-5(9)4-7(6)11-8;;/h2-4H,9H2,1H3,(H,10,11);2*1H. The van der Waals surface area contributed by atoms with Crippen molar-refractivity contribution in [3.05, 3.63) is 18.2 Å². The lowest BCUT2D eigenvalue weighted by Crippen LogP contribution is -1.88. The number of H-pyrrole nitrogens is 1. The smallest absolute Gasteiger partial charge is 0.197 e. The van der Waals surface area contributed by atoms with Gasteiger partial charge in [-0.15, -0.1) is 24.8 Å². The number of nitrogens with two attached hydrogens (primary N) is 1. The summed E-state index contributed by atoms with van der Waals surface area (Å²) in [7, 11) is -1.08. The molecule has 1 aromatic carbocycles. The first-order valence-corrected chi connectivity index (χ1v) is 5.31. The van der Waals surface area contributed by atoms with Crippen LogP contribution < -0.4 is 5.73 Å². The maximum atomic E-state index is 11.1. The number of imidazole rings is 1. The van der Waals surface area contributed by atoms with Crippen LogP contribution in [0.4, 0.5) is 5.69 Å². The lowest BCUT2D eigenvalue weighted by molar-refractivity contribution is 0.682. The van der Waals surface area contributed by atoms with E-state index in [-0.39, 0.29) is 24.8 Å². The van der Waals surface area contributed by atoms with Gasteiger partial charge in [0.25, 0.3) is 0 Å². The third kappa shape index (κ3) is 2.84. The van der Waals surface area contributed by atoms with E-state index >= 15 is 0 Å². The van der Waals surface area contributed by atoms with Crippen molar-refractivity contribution in [1.29, 1.82) is 0 Å². The number of aromatic amines is 1. The third-order valence-corrected chi connectivity index (χ3v) is 2.49. The molecule has 7 heteroatoms. The fourth-order valence-electron chi connectivity index (χ4n) is 1.14. The minimum atomic E-state index is -1.08. The van der Waals surface area contributed by atoms with Gasteiger partial charge < -0.3 is 10.7 Å². The van der Waals surface area contributed by atoms with Gasteiger partial charge >= 0.3 is 0 Å². The second kappa shape index (κ2) is 5.34. The fourth-order valence-corrected chi connectivity index (χ4v) is 1.62. The van der Waals surface area contributed by atoms with E-state index in [1.54, 1.807) is 24.5 Å². The van der Waals surface area contributed by atoms with E-state index in [2.05, 4.69) is 9.97 Å². The normalized spacial score (nSPS) is 11.5. The molecule has 1 heterocycles. The van der Waals surface area contributed by atoms with E-state index in [0.717, 1.165) is 11.0 Å². The van der Waals surface area contributed by atoms with Gasteiger partial charge in [0.2, 0.25) is 0 Å². The van der Waals surface area contributed by atoms with Crippen LogP contribution in [0, 0.1) is 0 Å². The zero-order chi connectivity index (χ0) is 9.42. The average Bonchev–Trinajstić information content (AvgIpc) is 2.46. The van der Waals surface area contributed by atoms with Crippen LogP contribution in [0.25, 0.3) is 11.0 Å². The van der Waals surface area contributed by atoms with Crippen LogP contribution in [0.1, 0.15) is 0 Å². The Morgan fingerprint density at radius 3 is 2.67 bits per heavy atom. The Labute approximate surface area is 102 Å². The van der Waals surface area contributed by atoms with Crippen LogP contribution in [0.2, 0.25) is 0 Å². The summed E-state index contributed by atoms with van der Waals surface area (Å²) < 4.78 is 11.1. The second-order valence-corrected chi connectivity index (χ2v) is 4.07. The number of nitrogens with one attached hydrogen (secondary N) is 1. The average molecular weight is 268 g/mol. The Bertz CT molecular complexity index is 486. The van der Waals surface area contributed by atoms with E-state index in [0.29, 0.717) is 10.8 Å². The number of rotatable bonds is 1. The molecule has 4 nitrogen and oxygen atoms in total. The van der Waals surface area contributed by atoms with E-state index in [1.165, 1.54) is 0 Å². The maximum absolute atomic E-state index is 11.1. The Balaban J connectivity index is 0.000000980. The van der Waals surface area contributed by atoms with Crippen molar-refractivity contribution in [2.24, 2.45) is 0 Å². The molecule has 1 unspecified atom stereocenters. The highest BCUT2D eigenvalue weighted by atomic mass is 35.5. The molecular formula is C8H11Cl2N3OS. The molecule has 0 aliphatic carbocycles. The number of aromatic nitrogens is 2. The Hall–Kier alpha value is -0.780. The van der Waals surface area contributed by atoms with Crippen molar-refractivity contribution in [3.8, 4) is 0 Å². The molecule has 0 spiro atoms. The lowest BCUT2D eigenvalue weighted by Gasteiger charge is -1.89. The zero-order valence-electron chi connectivity index (χ0n) is 7.89. The van der Waals surface area contributed by atoms with Gasteiger partial charge in [0, 0.05) is 11.9 Å². The minimum Gasteiger partial charge on any atom is -0.399 e. The van der Waals surface area contributed by atoms with Gasteiger partial charge in [-0.3, -0.25) is 4.21 Å². The summed E-state index contributed by atoms with van der Waals surface area (Å²) in [6, 6.07) is 5.35. The molecule has 0 bridgehead atoms. The van der Waals surface area contributed by atoms with Gasteiger partial charge in [0.05, 0.1) is 21.8 Å². The first-order chi connectivity index (χ1) is 6.16. The van der Waals surface area contributed by atoms with Gasteiger partial charge in [-0.1, -0.05) is 0 Å². The van der Waals surface area contributed by atoms with Crippen LogP contribution in [0.15, 0.2) is 23.4 Å². The second-order valence-electron chi connectivity index (χ2n) is 2.77. The highest BCUT2D eigenvalue weighted by Crippen LogP contribution is 2.15. The SMILES string of the molecule is CS(=O)c1nc2ccc(N)cc2[nH]1.Cl.Cl. The molecule has 15 heavy (non-hydrogen) atoms. The van der Waals surface area contributed by atoms with Crippen molar-refractivity contribution in [3.63, 3.8) is 0 Å². The van der Waals surface area contributed by atoms with Crippen LogP contribution in [0.5, 0.6) is 0 Å².